The zero-order valence-corrected chi connectivity index (χ0v) is 12.2. The quantitative estimate of drug-likeness (QED) is 0.447. The van der Waals surface area contributed by atoms with Gasteiger partial charge in [0.1, 0.15) is 0 Å². The predicted molar refractivity (Wildman–Crippen MR) is 79.9 cm³/mol. The van der Waals surface area contributed by atoms with Crippen molar-refractivity contribution in [2.75, 3.05) is 13.2 Å². The third kappa shape index (κ3) is 9.99. The van der Waals surface area contributed by atoms with Crippen LogP contribution in [0.25, 0.3) is 0 Å². The summed E-state index contributed by atoms with van der Waals surface area (Å²) in [6.07, 6.45) is 2.97. The molecule has 0 radical (unpaired) electrons. The van der Waals surface area contributed by atoms with E-state index in [1.807, 2.05) is 0 Å². The van der Waals surface area contributed by atoms with Gasteiger partial charge in [-0.15, -0.1) is 11.8 Å². The van der Waals surface area contributed by atoms with Gasteiger partial charge in [-0.05, 0) is 32.1 Å². The summed E-state index contributed by atoms with van der Waals surface area (Å²) < 4.78 is 42.1. The third-order valence-corrected chi connectivity index (χ3v) is 2.92. The first kappa shape index (κ1) is 11.2. The molecule has 0 N–H and O–H groups in total. The summed E-state index contributed by atoms with van der Waals surface area (Å²) in [5.41, 5.74) is 0. The molecule has 1 aliphatic rings. The second-order valence-electron chi connectivity index (χ2n) is 4.68. The van der Waals surface area contributed by atoms with Gasteiger partial charge in [0.15, 0.2) is 6.29 Å². The lowest BCUT2D eigenvalue weighted by atomic mass is 10.1. The molecule has 19 heavy (non-hydrogen) atoms. The van der Waals surface area contributed by atoms with Gasteiger partial charge in [0.25, 0.3) is 0 Å². The van der Waals surface area contributed by atoms with Gasteiger partial charge in [0.05, 0.1) is 6.61 Å². The van der Waals surface area contributed by atoms with E-state index in [1.165, 1.54) is 6.42 Å². The van der Waals surface area contributed by atoms with E-state index in [0.29, 0.717) is 19.4 Å². The smallest absolute Gasteiger partial charge is 0.157 e. The third-order valence-electron chi connectivity index (χ3n) is 2.92. The predicted octanol–water partition coefficient (Wildman–Crippen LogP) is 4.67. The van der Waals surface area contributed by atoms with Gasteiger partial charge in [0.2, 0.25) is 0 Å². The lowest BCUT2D eigenvalue weighted by molar-refractivity contribution is -0.162. The Morgan fingerprint density at radius 3 is 2.74 bits per heavy atom. The van der Waals surface area contributed by atoms with Crippen molar-refractivity contribution in [3.63, 3.8) is 0 Å². The lowest BCUT2D eigenvalue weighted by Crippen LogP contribution is -2.22. The average Bonchev–Trinajstić information content (AvgIpc) is 2.54. The summed E-state index contributed by atoms with van der Waals surface area (Å²) in [5, 5.41) is 0. The van der Waals surface area contributed by atoms with E-state index in [-0.39, 0.29) is 19.1 Å². The molecule has 110 valence electrons. The van der Waals surface area contributed by atoms with Crippen LogP contribution in [0.5, 0.6) is 0 Å². The fourth-order valence-corrected chi connectivity index (χ4v) is 1.87. The summed E-state index contributed by atoms with van der Waals surface area (Å²) in [4.78, 5) is 0. The van der Waals surface area contributed by atoms with E-state index in [9.17, 15) is 0 Å². The van der Waals surface area contributed by atoms with Crippen molar-refractivity contribution < 1.29 is 15.0 Å². The molecule has 0 aromatic rings. The van der Waals surface area contributed by atoms with E-state index >= 15 is 0 Å². The molecule has 1 atom stereocenters. The molecule has 1 rings (SSSR count). The van der Waals surface area contributed by atoms with Crippen molar-refractivity contribution in [2.24, 2.45) is 0 Å². The molecule has 0 aromatic carbocycles. The molecule has 2 nitrogen and oxygen atoms in total. The summed E-state index contributed by atoms with van der Waals surface area (Å²) in [7, 11) is 0. The van der Waals surface area contributed by atoms with Gasteiger partial charge in [-0.3, -0.25) is 0 Å². The normalized spacial score (nSPS) is 23.5. The van der Waals surface area contributed by atoms with Crippen LogP contribution in [0, 0.1) is 11.8 Å². The van der Waals surface area contributed by atoms with Crippen molar-refractivity contribution in [3.05, 3.63) is 0 Å². The molecule has 0 saturated carbocycles. The Hall–Kier alpha value is -0.520. The molecule has 0 aromatic heterocycles. The molecule has 0 amide bonds. The molecule has 1 saturated heterocycles. The minimum absolute atomic E-state index is 0.0347. The second-order valence-corrected chi connectivity index (χ2v) is 4.68. The minimum Gasteiger partial charge on any atom is -0.353 e. The topological polar surface area (TPSA) is 18.5 Å². The zero-order valence-electron chi connectivity index (χ0n) is 16.2. The highest BCUT2D eigenvalue weighted by Crippen LogP contribution is 2.13. The zero-order chi connectivity index (χ0) is 17.2. The lowest BCUT2D eigenvalue weighted by Gasteiger charge is -2.22. The molecule has 1 fully saturated rings. The van der Waals surface area contributed by atoms with Crippen LogP contribution in [0.2, 0.25) is 0 Å². The van der Waals surface area contributed by atoms with Crippen LogP contribution in [0.3, 0.4) is 0 Å². The van der Waals surface area contributed by atoms with Crippen molar-refractivity contribution in [1.29, 1.82) is 0 Å². The Kier molecular flexibility index (Phi) is 7.36. The van der Waals surface area contributed by atoms with Crippen molar-refractivity contribution in [1.82, 2.24) is 0 Å². The maximum absolute atomic E-state index is 7.81. The first-order chi connectivity index (χ1) is 10.9. The van der Waals surface area contributed by atoms with E-state index in [4.69, 9.17) is 15.0 Å². The number of hydrogen-bond donors (Lipinski definition) is 0. The van der Waals surface area contributed by atoms with E-state index in [2.05, 4.69) is 11.8 Å². The monoisotopic (exact) mass is 270 g/mol. The van der Waals surface area contributed by atoms with Gasteiger partial charge < -0.3 is 9.47 Å². The van der Waals surface area contributed by atoms with Crippen LogP contribution in [0.15, 0.2) is 0 Å². The Balaban J connectivity index is 2.05. The Bertz CT molecular complexity index is 382. The van der Waals surface area contributed by atoms with Crippen molar-refractivity contribution in [2.45, 2.75) is 83.7 Å². The summed E-state index contributed by atoms with van der Waals surface area (Å²) >= 11 is 0. The molecular formula is C17H30O2. The highest BCUT2D eigenvalue weighted by Gasteiger charge is 2.12. The van der Waals surface area contributed by atoms with Crippen LogP contribution in [-0.2, 0) is 9.47 Å². The van der Waals surface area contributed by atoms with Gasteiger partial charge in [0, 0.05) is 24.9 Å². The molecule has 1 unspecified atom stereocenters. The average molecular weight is 270 g/mol. The molecular weight excluding hydrogens is 236 g/mol. The molecule has 1 heterocycles. The van der Waals surface area contributed by atoms with Gasteiger partial charge in [-0.1, -0.05) is 32.5 Å². The Morgan fingerprint density at radius 1 is 1.16 bits per heavy atom. The molecule has 1 aliphatic heterocycles. The first-order valence-corrected chi connectivity index (χ1v) is 7.58. The van der Waals surface area contributed by atoms with Gasteiger partial charge >= 0.3 is 0 Å². The van der Waals surface area contributed by atoms with Crippen LogP contribution < -0.4 is 0 Å². The standard InChI is InChI=1S/C17H30O2/c1-2-3-4-5-6-7-8-9-10-12-15-18-17-14-11-13-16-19-17/h17H,2-7,10-16H2,1H3/i3D2,4D2. The number of rotatable bonds is 9. The maximum atomic E-state index is 7.81. The van der Waals surface area contributed by atoms with Crippen LogP contribution >= 0.6 is 0 Å². The second kappa shape index (κ2) is 12.5. The largest absolute Gasteiger partial charge is 0.353 e. The Labute approximate surface area is 124 Å². The summed E-state index contributed by atoms with van der Waals surface area (Å²) in [5.74, 6) is 6.12. The fourth-order valence-electron chi connectivity index (χ4n) is 1.87. The summed E-state index contributed by atoms with van der Waals surface area (Å²) in [6, 6.07) is 0. The Morgan fingerprint density at radius 2 is 2.00 bits per heavy atom. The maximum Gasteiger partial charge on any atom is 0.157 e. The first-order valence-electron chi connectivity index (χ1n) is 9.58. The number of hydrogen-bond acceptors (Lipinski definition) is 2. The SMILES string of the molecule is [2H]C([2H])(CC)C([2H])([2H])CCCC#CCCCOC1CCCCO1. The molecule has 0 spiro atoms. The minimum atomic E-state index is -1.78. The highest BCUT2D eigenvalue weighted by molar-refractivity contribution is 4.98. The van der Waals surface area contributed by atoms with Crippen molar-refractivity contribution >= 4 is 0 Å². The molecule has 0 aliphatic carbocycles. The van der Waals surface area contributed by atoms with E-state index in [0.717, 1.165) is 32.3 Å². The van der Waals surface area contributed by atoms with Crippen LogP contribution in [-0.4, -0.2) is 19.5 Å². The summed E-state index contributed by atoms with van der Waals surface area (Å²) in [6.45, 7) is 3.14. The molecule has 2 heteroatoms. The van der Waals surface area contributed by atoms with Gasteiger partial charge in [-0.25, -0.2) is 0 Å². The van der Waals surface area contributed by atoms with Crippen LogP contribution in [0.4, 0.5) is 0 Å². The van der Waals surface area contributed by atoms with E-state index < -0.39 is 12.7 Å². The van der Waals surface area contributed by atoms with Crippen LogP contribution in [0.1, 0.15) is 82.9 Å². The highest BCUT2D eigenvalue weighted by atomic mass is 16.7. The van der Waals surface area contributed by atoms with E-state index in [1.54, 1.807) is 6.92 Å². The number of unbranched alkanes of at least 4 members (excludes halogenated alkanes) is 2. The molecule has 0 bridgehead atoms. The van der Waals surface area contributed by atoms with Gasteiger partial charge in [-0.2, -0.15) is 0 Å². The fraction of sp³-hybridized carbons (Fsp3) is 0.882. The van der Waals surface area contributed by atoms with Crippen molar-refractivity contribution in [3.8, 4) is 11.8 Å². The number of ether oxygens (including phenoxy) is 2.